The molecule has 0 bridgehead atoms. The van der Waals surface area contributed by atoms with E-state index in [4.69, 9.17) is 9.47 Å². The van der Waals surface area contributed by atoms with Crippen molar-refractivity contribution >= 4 is 22.6 Å². The molecule has 5 nitrogen and oxygen atoms in total. The summed E-state index contributed by atoms with van der Waals surface area (Å²) >= 11 is 0. The number of nitrogens with zero attached hydrogens (tertiary/aromatic N) is 2. The summed E-state index contributed by atoms with van der Waals surface area (Å²) < 4.78 is 11.9. The summed E-state index contributed by atoms with van der Waals surface area (Å²) in [5, 5.41) is 7.93. The van der Waals surface area contributed by atoms with Crippen molar-refractivity contribution in [1.29, 1.82) is 0 Å². The van der Waals surface area contributed by atoms with Gasteiger partial charge in [0.1, 0.15) is 5.75 Å². The molecule has 0 aromatic heterocycles. The van der Waals surface area contributed by atoms with Crippen molar-refractivity contribution in [2.24, 2.45) is 5.10 Å². The molecule has 158 valence electrons. The van der Waals surface area contributed by atoms with Gasteiger partial charge in [0.2, 0.25) is 18.0 Å². The highest BCUT2D eigenvalue weighted by atomic mass is 16.5. The summed E-state index contributed by atoms with van der Waals surface area (Å²) in [7, 11) is 1.62. The number of amides is 1. The third-order valence-electron chi connectivity index (χ3n) is 5.59. The van der Waals surface area contributed by atoms with Gasteiger partial charge in [-0.3, -0.25) is 4.79 Å². The fraction of sp³-hybridized carbons (Fsp3) is 0.111. The molecule has 1 aliphatic rings. The highest BCUT2D eigenvalue weighted by Crippen LogP contribution is 2.36. The number of carbonyl (C=O) groups excluding carboxylic acids is 1. The normalized spacial score (nSPS) is 15.4. The lowest BCUT2D eigenvalue weighted by Crippen LogP contribution is -2.25. The van der Waals surface area contributed by atoms with Gasteiger partial charge in [-0.2, -0.15) is 5.01 Å². The summed E-state index contributed by atoms with van der Waals surface area (Å²) in [5.41, 5.74) is 3.81. The third kappa shape index (κ3) is 3.48. The lowest BCUT2D eigenvalue weighted by molar-refractivity contribution is -0.135. The second-order valence-electron chi connectivity index (χ2n) is 7.59. The van der Waals surface area contributed by atoms with Crippen molar-refractivity contribution in [1.82, 2.24) is 5.01 Å². The number of ether oxygens (including phenoxy) is 2. The van der Waals surface area contributed by atoms with Crippen LogP contribution in [0, 0.1) is 0 Å². The van der Waals surface area contributed by atoms with Crippen molar-refractivity contribution in [3.63, 3.8) is 0 Å². The van der Waals surface area contributed by atoms with Crippen LogP contribution in [0.2, 0.25) is 0 Å². The minimum absolute atomic E-state index is 0.198. The zero-order valence-electron chi connectivity index (χ0n) is 17.9. The molecule has 1 heterocycles. The Morgan fingerprint density at radius 3 is 2.28 bits per heavy atom. The predicted octanol–water partition coefficient (Wildman–Crippen LogP) is 5.75. The maximum absolute atomic E-state index is 12.4. The Balaban J connectivity index is 1.53. The average Bonchev–Trinajstić information content (AvgIpc) is 3.29. The number of carbonyl (C=O) groups is 1. The Morgan fingerprint density at radius 1 is 0.875 bits per heavy atom. The Bertz CT molecular complexity index is 1310. The number of methoxy groups -OCH3 is 1. The Morgan fingerprint density at radius 2 is 1.56 bits per heavy atom. The van der Waals surface area contributed by atoms with Gasteiger partial charge in [0, 0.05) is 12.5 Å². The quantitative estimate of drug-likeness (QED) is 0.420. The fourth-order valence-corrected chi connectivity index (χ4v) is 4.00. The summed E-state index contributed by atoms with van der Waals surface area (Å²) in [6, 6.07) is 30.0. The first-order valence-corrected chi connectivity index (χ1v) is 10.4. The van der Waals surface area contributed by atoms with Gasteiger partial charge < -0.3 is 9.47 Å². The maximum Gasteiger partial charge on any atom is 0.245 e. The molecule has 0 aliphatic carbocycles. The molecule has 0 spiro atoms. The van der Waals surface area contributed by atoms with E-state index < -0.39 is 6.23 Å². The van der Waals surface area contributed by atoms with Crippen LogP contribution in [-0.4, -0.2) is 23.9 Å². The van der Waals surface area contributed by atoms with Crippen LogP contribution < -0.4 is 4.74 Å². The molecule has 5 rings (SSSR count). The molecule has 0 N–H and O–H groups in total. The molecule has 1 unspecified atom stereocenters. The van der Waals surface area contributed by atoms with Gasteiger partial charge in [0.15, 0.2) is 0 Å². The lowest BCUT2D eigenvalue weighted by Gasteiger charge is -2.20. The Labute approximate surface area is 186 Å². The van der Waals surface area contributed by atoms with E-state index in [9.17, 15) is 4.79 Å². The van der Waals surface area contributed by atoms with E-state index >= 15 is 0 Å². The van der Waals surface area contributed by atoms with Crippen molar-refractivity contribution in [3.05, 3.63) is 102 Å². The first-order chi connectivity index (χ1) is 15.7. The van der Waals surface area contributed by atoms with Gasteiger partial charge in [-0.1, -0.05) is 84.9 Å². The molecule has 0 saturated heterocycles. The Hall–Kier alpha value is -4.12. The maximum atomic E-state index is 12.4. The van der Waals surface area contributed by atoms with Crippen LogP contribution in [0.15, 0.2) is 96.1 Å². The van der Waals surface area contributed by atoms with Crippen LogP contribution in [0.5, 0.6) is 5.75 Å². The van der Waals surface area contributed by atoms with Crippen molar-refractivity contribution < 1.29 is 14.3 Å². The van der Waals surface area contributed by atoms with Gasteiger partial charge in [-0.25, -0.2) is 0 Å². The van der Waals surface area contributed by atoms with Crippen molar-refractivity contribution in [3.8, 4) is 16.9 Å². The third-order valence-corrected chi connectivity index (χ3v) is 5.59. The van der Waals surface area contributed by atoms with Crippen molar-refractivity contribution in [2.45, 2.75) is 13.2 Å². The fourth-order valence-electron chi connectivity index (χ4n) is 4.00. The van der Waals surface area contributed by atoms with Crippen LogP contribution in [0.25, 0.3) is 21.9 Å². The topological polar surface area (TPSA) is 51.1 Å². The van der Waals surface area contributed by atoms with Crippen LogP contribution in [0.3, 0.4) is 0 Å². The first-order valence-electron chi connectivity index (χ1n) is 10.4. The molecule has 0 saturated carbocycles. The van der Waals surface area contributed by atoms with E-state index in [1.54, 1.807) is 7.11 Å². The number of hydrazone groups is 1. The Kier molecular flexibility index (Phi) is 5.07. The van der Waals surface area contributed by atoms with Gasteiger partial charge in [-0.05, 0) is 28.0 Å². The zero-order chi connectivity index (χ0) is 22.1. The van der Waals surface area contributed by atoms with Crippen molar-refractivity contribution in [2.75, 3.05) is 7.11 Å². The van der Waals surface area contributed by atoms with E-state index in [0.717, 1.165) is 33.0 Å². The summed E-state index contributed by atoms with van der Waals surface area (Å²) in [4.78, 5) is 12.4. The molecule has 0 fully saturated rings. The van der Waals surface area contributed by atoms with Crippen LogP contribution >= 0.6 is 0 Å². The number of fused-ring (bicyclic) bond motifs is 1. The summed E-state index contributed by atoms with van der Waals surface area (Å²) in [6.07, 6.45) is -0.643. The molecular weight excluding hydrogens is 400 g/mol. The first kappa shape index (κ1) is 19.8. The van der Waals surface area contributed by atoms with E-state index in [1.165, 1.54) is 11.9 Å². The van der Waals surface area contributed by atoms with E-state index in [-0.39, 0.29) is 5.91 Å². The highest BCUT2D eigenvalue weighted by molar-refractivity contribution is 6.10. The van der Waals surface area contributed by atoms with Gasteiger partial charge in [0.25, 0.3) is 0 Å². The molecule has 1 atom stereocenters. The second-order valence-corrected chi connectivity index (χ2v) is 7.59. The number of rotatable bonds is 4. The highest BCUT2D eigenvalue weighted by Gasteiger charge is 2.34. The molecule has 5 heteroatoms. The summed E-state index contributed by atoms with van der Waals surface area (Å²) in [6.45, 7) is 1.49. The molecule has 32 heavy (non-hydrogen) atoms. The zero-order valence-corrected chi connectivity index (χ0v) is 17.9. The standard InChI is InChI=1S/C27H22N2O3/c1-18(30)29-27(22-14-12-20(13-15-22)19-8-4-3-5-9-19)32-26(28-29)25-23-11-7-6-10-21(23)16-17-24(25)31-2/h3-17,27H,1-2H3. The van der Waals surface area contributed by atoms with E-state index in [0.29, 0.717) is 11.6 Å². The van der Waals surface area contributed by atoms with E-state index in [2.05, 4.69) is 17.2 Å². The lowest BCUT2D eigenvalue weighted by atomic mass is 10.0. The molecule has 1 aliphatic heterocycles. The number of hydrogen-bond acceptors (Lipinski definition) is 4. The van der Waals surface area contributed by atoms with Gasteiger partial charge in [0.05, 0.1) is 12.7 Å². The van der Waals surface area contributed by atoms with E-state index in [1.807, 2.05) is 78.9 Å². The van der Waals surface area contributed by atoms with Gasteiger partial charge >= 0.3 is 0 Å². The average molecular weight is 422 g/mol. The van der Waals surface area contributed by atoms with Gasteiger partial charge in [-0.15, -0.1) is 5.10 Å². The minimum Gasteiger partial charge on any atom is -0.496 e. The smallest absolute Gasteiger partial charge is 0.245 e. The van der Waals surface area contributed by atoms with Crippen LogP contribution in [0.4, 0.5) is 0 Å². The molecule has 1 amide bonds. The molecular formula is C27H22N2O3. The second kappa shape index (κ2) is 8.19. The largest absolute Gasteiger partial charge is 0.496 e. The molecule has 4 aromatic rings. The molecule has 0 radical (unpaired) electrons. The number of hydrogen-bond donors (Lipinski definition) is 0. The van der Waals surface area contributed by atoms with Crippen LogP contribution in [-0.2, 0) is 9.53 Å². The predicted molar refractivity (Wildman–Crippen MR) is 125 cm³/mol. The van der Waals surface area contributed by atoms with Crippen LogP contribution in [0.1, 0.15) is 24.3 Å². The SMILES string of the molecule is COc1ccc2ccccc2c1C1=NN(C(C)=O)C(c2ccc(-c3ccccc3)cc2)O1. The monoisotopic (exact) mass is 422 g/mol. The molecule has 4 aromatic carbocycles. The number of benzene rings is 4. The summed E-state index contributed by atoms with van der Waals surface area (Å²) in [5.74, 6) is 0.813. The minimum atomic E-state index is -0.643.